The molecule has 0 saturated carbocycles. The molecule has 2 aromatic heterocycles. The molecule has 0 unspecified atom stereocenters. The monoisotopic (exact) mass is 405 g/mol. The first kappa shape index (κ1) is 19.6. The van der Waals surface area contributed by atoms with Crippen molar-refractivity contribution in [2.75, 3.05) is 5.32 Å². The number of aromatic carboxylic acids is 1. The van der Waals surface area contributed by atoms with E-state index in [2.05, 4.69) is 10.3 Å². The average Bonchev–Trinajstić information content (AvgIpc) is 2.98. The van der Waals surface area contributed by atoms with Gasteiger partial charge in [-0.15, -0.1) is 0 Å². The summed E-state index contributed by atoms with van der Waals surface area (Å²) in [5.41, 5.74) is -0.0317. The number of carboxylic acids is 1. The number of benzene rings is 1. The third kappa shape index (κ3) is 3.91. The first-order chi connectivity index (χ1) is 13.1. The zero-order valence-electron chi connectivity index (χ0n) is 15.3. The smallest absolute Gasteiger partial charge is 0.420 e. The molecule has 2 heterocycles. The topological polar surface area (TPSA) is 93.5 Å². The Kier molecular flexibility index (Phi) is 4.99. The molecule has 3 rings (SSSR count). The first-order valence-corrected chi connectivity index (χ1v) is 8.64. The number of carbonyl (C=O) groups excluding carboxylic acids is 1. The van der Waals surface area contributed by atoms with Crippen molar-refractivity contribution >= 4 is 46.1 Å². The number of aromatic nitrogens is 2. The van der Waals surface area contributed by atoms with Crippen LogP contribution in [-0.4, -0.2) is 32.3 Å². The summed E-state index contributed by atoms with van der Waals surface area (Å²) in [4.78, 5) is 28.4. The third-order valence-electron chi connectivity index (χ3n) is 3.70. The summed E-state index contributed by atoms with van der Waals surface area (Å²) in [6, 6.07) is 7.01. The van der Waals surface area contributed by atoms with Crippen LogP contribution in [0.15, 0.2) is 36.5 Å². The van der Waals surface area contributed by atoms with Crippen LogP contribution >= 0.6 is 11.6 Å². The van der Waals surface area contributed by atoms with Crippen LogP contribution in [0.2, 0.25) is 5.02 Å². The molecule has 0 atom stereocenters. The highest BCUT2D eigenvalue weighted by atomic mass is 35.5. The summed E-state index contributed by atoms with van der Waals surface area (Å²) in [5, 5.41) is 12.9. The Balaban J connectivity index is 2.12. The summed E-state index contributed by atoms with van der Waals surface area (Å²) in [6.07, 6.45) is 0.567. The number of anilines is 2. The fourth-order valence-corrected chi connectivity index (χ4v) is 2.77. The summed E-state index contributed by atoms with van der Waals surface area (Å²) < 4.78 is 19.6. The molecule has 7 nitrogen and oxygen atoms in total. The van der Waals surface area contributed by atoms with Gasteiger partial charge < -0.3 is 15.2 Å². The van der Waals surface area contributed by atoms with Gasteiger partial charge in [-0.05, 0) is 51.1 Å². The van der Waals surface area contributed by atoms with Crippen molar-refractivity contribution in [2.45, 2.75) is 26.4 Å². The Morgan fingerprint density at radius 3 is 2.57 bits per heavy atom. The van der Waals surface area contributed by atoms with Gasteiger partial charge in [0.25, 0.3) is 0 Å². The Morgan fingerprint density at radius 2 is 1.96 bits per heavy atom. The number of hydrogen-bond acceptors (Lipinski definition) is 5. The Bertz CT molecular complexity index is 1090. The van der Waals surface area contributed by atoms with Crippen molar-refractivity contribution in [1.29, 1.82) is 0 Å². The lowest BCUT2D eigenvalue weighted by atomic mass is 10.2. The minimum atomic E-state index is -1.31. The average molecular weight is 406 g/mol. The second-order valence-corrected chi connectivity index (χ2v) is 7.41. The van der Waals surface area contributed by atoms with Gasteiger partial charge in [0, 0.05) is 17.3 Å². The number of hydrogen-bond donors (Lipinski definition) is 2. The van der Waals surface area contributed by atoms with E-state index in [4.69, 9.17) is 16.3 Å². The molecule has 28 heavy (non-hydrogen) atoms. The highest BCUT2D eigenvalue weighted by molar-refractivity contribution is 6.31. The highest BCUT2D eigenvalue weighted by Crippen LogP contribution is 2.30. The van der Waals surface area contributed by atoms with E-state index in [-0.39, 0.29) is 16.4 Å². The first-order valence-electron chi connectivity index (χ1n) is 8.26. The van der Waals surface area contributed by atoms with E-state index in [0.29, 0.717) is 16.8 Å². The molecular weight excluding hydrogens is 389 g/mol. The van der Waals surface area contributed by atoms with Crippen molar-refractivity contribution < 1.29 is 23.8 Å². The molecule has 0 fully saturated rings. The van der Waals surface area contributed by atoms with E-state index in [1.807, 2.05) is 0 Å². The van der Waals surface area contributed by atoms with Crippen LogP contribution in [0.5, 0.6) is 0 Å². The maximum atomic E-state index is 13.4. The number of rotatable bonds is 3. The Labute approximate surface area is 164 Å². The maximum Gasteiger partial charge on any atom is 0.420 e. The van der Waals surface area contributed by atoms with Crippen LogP contribution in [0.1, 0.15) is 31.3 Å². The SMILES string of the molecule is CC(C)(C)OC(=O)n1c(C(=O)O)cc2c(Nc3ccc(F)c(Cl)c3)ccnc21. The zero-order chi connectivity index (χ0) is 20.6. The number of nitrogens with one attached hydrogen (secondary N) is 1. The number of fused-ring (bicyclic) bond motifs is 1. The molecule has 9 heteroatoms. The van der Waals surface area contributed by atoms with Gasteiger partial charge in [-0.1, -0.05) is 11.6 Å². The fourth-order valence-electron chi connectivity index (χ4n) is 2.59. The van der Waals surface area contributed by atoms with Crippen molar-refractivity contribution in [2.24, 2.45) is 0 Å². The summed E-state index contributed by atoms with van der Waals surface area (Å²) in [7, 11) is 0. The highest BCUT2D eigenvalue weighted by Gasteiger charge is 2.26. The van der Waals surface area contributed by atoms with Gasteiger partial charge in [0.05, 0.1) is 10.7 Å². The van der Waals surface area contributed by atoms with E-state index in [0.717, 1.165) is 4.57 Å². The fraction of sp³-hybridized carbons (Fsp3) is 0.211. The van der Waals surface area contributed by atoms with Gasteiger partial charge in [0.15, 0.2) is 5.65 Å². The Morgan fingerprint density at radius 1 is 1.25 bits per heavy atom. The lowest BCUT2D eigenvalue weighted by molar-refractivity contribution is 0.0512. The molecule has 0 bridgehead atoms. The van der Waals surface area contributed by atoms with Crippen LogP contribution in [0.25, 0.3) is 11.0 Å². The standard InChI is InChI=1S/C19H17ClFN3O4/c1-19(2,3)28-18(27)24-15(17(25)26)9-11-14(6-7-22-16(11)24)23-10-4-5-13(21)12(20)8-10/h4-9H,1-3H3,(H,22,23)(H,25,26). The van der Waals surface area contributed by atoms with E-state index in [9.17, 15) is 19.1 Å². The normalized spacial score (nSPS) is 11.5. The molecule has 0 saturated heterocycles. The molecule has 0 amide bonds. The molecule has 146 valence electrons. The largest absolute Gasteiger partial charge is 0.477 e. The molecule has 0 aliphatic carbocycles. The van der Waals surface area contributed by atoms with Crippen LogP contribution in [-0.2, 0) is 4.74 Å². The van der Waals surface area contributed by atoms with E-state index in [1.54, 1.807) is 26.8 Å². The minimum absolute atomic E-state index is 0.0622. The van der Waals surface area contributed by atoms with Gasteiger partial charge in [-0.25, -0.2) is 23.5 Å². The second kappa shape index (κ2) is 7.12. The van der Waals surface area contributed by atoms with Crippen molar-refractivity contribution in [1.82, 2.24) is 9.55 Å². The van der Waals surface area contributed by atoms with Crippen LogP contribution < -0.4 is 5.32 Å². The predicted molar refractivity (Wildman–Crippen MR) is 103 cm³/mol. The summed E-state index contributed by atoms with van der Waals surface area (Å²) in [6.45, 7) is 5.03. The van der Waals surface area contributed by atoms with Crippen molar-refractivity contribution in [3.05, 3.63) is 53.1 Å². The molecule has 2 N–H and O–H groups in total. The zero-order valence-corrected chi connectivity index (χ0v) is 16.0. The Hall–Kier alpha value is -3.13. The quantitative estimate of drug-likeness (QED) is 0.633. The van der Waals surface area contributed by atoms with Crippen LogP contribution in [0, 0.1) is 5.82 Å². The lowest BCUT2D eigenvalue weighted by Crippen LogP contribution is -2.29. The lowest BCUT2D eigenvalue weighted by Gasteiger charge is -2.20. The molecule has 1 aromatic carbocycles. The second-order valence-electron chi connectivity index (χ2n) is 7.00. The van der Waals surface area contributed by atoms with Crippen molar-refractivity contribution in [3.63, 3.8) is 0 Å². The predicted octanol–water partition coefficient (Wildman–Crippen LogP) is 5.05. The van der Waals surface area contributed by atoms with Gasteiger partial charge in [0.1, 0.15) is 17.1 Å². The van der Waals surface area contributed by atoms with Gasteiger partial charge in [-0.3, -0.25) is 0 Å². The summed E-state index contributed by atoms with van der Waals surface area (Å²) in [5.74, 6) is -1.86. The van der Waals surface area contributed by atoms with Gasteiger partial charge >= 0.3 is 12.1 Å². The van der Waals surface area contributed by atoms with Crippen molar-refractivity contribution in [3.8, 4) is 0 Å². The minimum Gasteiger partial charge on any atom is -0.477 e. The number of carbonyl (C=O) groups is 2. The van der Waals surface area contributed by atoms with E-state index >= 15 is 0 Å². The van der Waals surface area contributed by atoms with Crippen LogP contribution in [0.3, 0.4) is 0 Å². The molecule has 0 spiro atoms. The number of nitrogens with zero attached hydrogens (tertiary/aromatic N) is 2. The van der Waals surface area contributed by atoms with Gasteiger partial charge in [-0.2, -0.15) is 0 Å². The van der Waals surface area contributed by atoms with Gasteiger partial charge in [0.2, 0.25) is 0 Å². The third-order valence-corrected chi connectivity index (χ3v) is 3.99. The summed E-state index contributed by atoms with van der Waals surface area (Å²) >= 11 is 5.80. The van der Waals surface area contributed by atoms with E-state index in [1.165, 1.54) is 30.5 Å². The molecule has 0 aliphatic heterocycles. The van der Waals surface area contributed by atoms with E-state index < -0.39 is 23.5 Å². The molecular formula is C19H17ClFN3O4. The maximum absolute atomic E-state index is 13.4. The number of halogens is 2. The molecule has 3 aromatic rings. The number of carboxylic acid groups (broad SMARTS) is 1. The van der Waals surface area contributed by atoms with Crippen LogP contribution in [0.4, 0.5) is 20.6 Å². The molecule has 0 radical (unpaired) electrons. The number of ether oxygens (including phenoxy) is 1. The number of pyridine rings is 1. The molecule has 0 aliphatic rings.